The number of carbonyl (C=O) groups excluding carboxylic acids is 2. The van der Waals surface area contributed by atoms with Crippen LogP contribution in [0.15, 0.2) is 34.9 Å². The topological polar surface area (TPSA) is 80.8 Å². The van der Waals surface area contributed by atoms with Gasteiger partial charge in [-0.1, -0.05) is 19.1 Å². The van der Waals surface area contributed by atoms with Crippen molar-refractivity contribution in [1.82, 2.24) is 4.31 Å². The molecule has 1 aliphatic heterocycles. The third kappa shape index (κ3) is 3.46. The number of carbonyl (C=O) groups is 2. The van der Waals surface area contributed by atoms with E-state index in [2.05, 4.69) is 0 Å². The lowest BCUT2D eigenvalue weighted by atomic mass is 9.97. The third-order valence-corrected chi connectivity index (χ3v) is 5.59. The summed E-state index contributed by atoms with van der Waals surface area (Å²) in [7, 11) is -3.88. The summed E-state index contributed by atoms with van der Waals surface area (Å²) < 4.78 is 32.5. The van der Waals surface area contributed by atoms with Crippen LogP contribution in [0.1, 0.15) is 46.6 Å². The average Bonchev–Trinajstić information content (AvgIpc) is 2.51. The van der Waals surface area contributed by atoms with Crippen LogP contribution in [0.5, 0.6) is 0 Å². The highest BCUT2D eigenvalue weighted by molar-refractivity contribution is 7.89. The second-order valence-electron chi connectivity index (χ2n) is 6.95. The molecular formula is C18H23NO5S. The Morgan fingerprint density at radius 1 is 1.16 bits per heavy atom. The Morgan fingerprint density at radius 2 is 1.76 bits per heavy atom. The van der Waals surface area contributed by atoms with Crippen molar-refractivity contribution in [3.8, 4) is 0 Å². The summed E-state index contributed by atoms with van der Waals surface area (Å²) >= 11 is 0. The highest BCUT2D eigenvalue weighted by Crippen LogP contribution is 2.38. The van der Waals surface area contributed by atoms with Gasteiger partial charge in [0.15, 0.2) is 11.5 Å². The monoisotopic (exact) mass is 365 g/mol. The van der Waals surface area contributed by atoms with E-state index in [1.54, 1.807) is 39.0 Å². The first-order valence-electron chi connectivity index (χ1n) is 8.11. The number of rotatable bonds is 4. The molecule has 1 aromatic rings. The molecule has 1 heterocycles. The Labute approximate surface area is 148 Å². The number of allylic oxidation sites excluding steroid dienone is 1. The Morgan fingerprint density at radius 3 is 2.28 bits per heavy atom. The Kier molecular flexibility index (Phi) is 5.09. The smallest absolute Gasteiger partial charge is 0.316 e. The van der Waals surface area contributed by atoms with Crippen LogP contribution in [0.4, 0.5) is 0 Å². The van der Waals surface area contributed by atoms with Gasteiger partial charge in [-0.05, 0) is 39.3 Å². The second-order valence-corrected chi connectivity index (χ2v) is 8.78. The summed E-state index contributed by atoms with van der Waals surface area (Å²) in [5.74, 6) is -0.999. The molecule has 2 rings (SSSR count). The van der Waals surface area contributed by atoms with Gasteiger partial charge in [0.2, 0.25) is 0 Å². The van der Waals surface area contributed by atoms with Crippen LogP contribution in [-0.4, -0.2) is 31.0 Å². The lowest BCUT2D eigenvalue weighted by molar-refractivity contribution is -0.145. The fraction of sp³-hybridized carbons (Fsp3) is 0.444. The molecule has 0 aliphatic carbocycles. The zero-order valence-electron chi connectivity index (χ0n) is 15.1. The number of hydrogen-bond acceptors (Lipinski definition) is 5. The number of ketones is 1. The van der Waals surface area contributed by atoms with Crippen molar-refractivity contribution in [2.24, 2.45) is 5.41 Å². The molecule has 0 radical (unpaired) electrons. The van der Waals surface area contributed by atoms with Crippen molar-refractivity contribution in [2.45, 2.75) is 45.9 Å². The number of nitrogens with zero attached hydrogens (tertiary/aromatic N) is 1. The highest BCUT2D eigenvalue weighted by Gasteiger charge is 2.40. The molecule has 0 saturated carbocycles. The number of fused-ring (bicyclic) bond motifs is 1. The second kappa shape index (κ2) is 6.63. The number of hydrogen-bond donors (Lipinski definition) is 0. The van der Waals surface area contributed by atoms with Crippen molar-refractivity contribution in [1.29, 1.82) is 0 Å². The maximum Gasteiger partial charge on any atom is 0.316 e. The van der Waals surface area contributed by atoms with Crippen LogP contribution < -0.4 is 0 Å². The van der Waals surface area contributed by atoms with E-state index < -0.39 is 27.2 Å². The van der Waals surface area contributed by atoms with Crippen LogP contribution >= 0.6 is 0 Å². The third-order valence-electron chi connectivity index (χ3n) is 3.73. The zero-order valence-corrected chi connectivity index (χ0v) is 15.9. The summed E-state index contributed by atoms with van der Waals surface area (Å²) in [5.41, 5.74) is -0.661. The largest absolute Gasteiger partial charge is 0.423 e. The van der Waals surface area contributed by atoms with Gasteiger partial charge in [-0.25, -0.2) is 8.42 Å². The van der Waals surface area contributed by atoms with E-state index in [1.165, 1.54) is 13.0 Å². The first-order chi connectivity index (χ1) is 11.5. The average molecular weight is 365 g/mol. The number of ether oxygens (including phenoxy) is 1. The fourth-order valence-corrected chi connectivity index (χ4v) is 4.28. The minimum Gasteiger partial charge on any atom is -0.423 e. The van der Waals surface area contributed by atoms with Gasteiger partial charge >= 0.3 is 5.97 Å². The first-order valence-corrected chi connectivity index (χ1v) is 9.55. The molecule has 0 unspecified atom stereocenters. The molecule has 0 saturated heterocycles. The van der Waals surface area contributed by atoms with E-state index in [9.17, 15) is 18.0 Å². The summed E-state index contributed by atoms with van der Waals surface area (Å²) in [6.45, 7) is 8.29. The number of esters is 1. The van der Waals surface area contributed by atoms with Gasteiger partial charge in [-0.3, -0.25) is 13.9 Å². The van der Waals surface area contributed by atoms with Gasteiger partial charge in [0.05, 0.1) is 10.3 Å². The molecule has 25 heavy (non-hydrogen) atoms. The van der Waals surface area contributed by atoms with Gasteiger partial charge in [0, 0.05) is 19.0 Å². The van der Waals surface area contributed by atoms with E-state index >= 15 is 0 Å². The molecule has 0 atom stereocenters. The van der Waals surface area contributed by atoms with Crippen molar-refractivity contribution < 1.29 is 22.7 Å². The van der Waals surface area contributed by atoms with E-state index in [-0.39, 0.29) is 28.5 Å². The maximum absolute atomic E-state index is 12.9. The van der Waals surface area contributed by atoms with Crippen molar-refractivity contribution >= 4 is 27.5 Å². The zero-order chi connectivity index (χ0) is 19.0. The summed E-state index contributed by atoms with van der Waals surface area (Å²) in [5, 5.41) is 0. The molecule has 0 aromatic heterocycles. The van der Waals surface area contributed by atoms with E-state index in [0.29, 0.717) is 6.42 Å². The highest BCUT2D eigenvalue weighted by atomic mass is 32.2. The minimum absolute atomic E-state index is 0.00583. The van der Waals surface area contributed by atoms with Crippen molar-refractivity contribution in [3.63, 3.8) is 0 Å². The Hall–Kier alpha value is -2.15. The van der Waals surface area contributed by atoms with Gasteiger partial charge in [-0.15, -0.1) is 0 Å². The summed E-state index contributed by atoms with van der Waals surface area (Å²) in [4.78, 5) is 24.7. The van der Waals surface area contributed by atoms with Gasteiger partial charge in [0.25, 0.3) is 10.0 Å². The SMILES string of the molecule is CCCN1C(C(C)=O)=C(OC(=O)C(C)(C)C)c2ccccc2S1(=O)=O. The number of Topliss-reactive ketones (excluding diaryl/α,β-unsaturated/α-hetero) is 1. The lowest BCUT2D eigenvalue weighted by Gasteiger charge is -2.33. The molecule has 0 bridgehead atoms. The van der Waals surface area contributed by atoms with Crippen LogP contribution in [0.3, 0.4) is 0 Å². The summed E-state index contributed by atoms with van der Waals surface area (Å²) in [6.07, 6.45) is 0.513. The van der Waals surface area contributed by atoms with Gasteiger partial charge in [-0.2, -0.15) is 0 Å². The molecule has 0 amide bonds. The van der Waals surface area contributed by atoms with E-state index in [1.807, 2.05) is 6.92 Å². The Balaban J connectivity index is 2.78. The van der Waals surface area contributed by atoms with E-state index in [0.717, 1.165) is 4.31 Å². The minimum atomic E-state index is -3.88. The molecule has 0 spiro atoms. The molecule has 6 nitrogen and oxygen atoms in total. The quantitative estimate of drug-likeness (QED) is 0.766. The van der Waals surface area contributed by atoms with Crippen LogP contribution in [0, 0.1) is 5.41 Å². The van der Waals surface area contributed by atoms with Gasteiger partial charge < -0.3 is 4.74 Å². The molecular weight excluding hydrogens is 342 g/mol. The standard InChI is InChI=1S/C18H23NO5S/c1-6-11-19-15(12(2)20)16(24-17(21)18(3,4)5)13-9-7-8-10-14(13)25(19,22)23/h7-10H,6,11H2,1-5H3. The van der Waals surface area contributed by atoms with Gasteiger partial charge in [0.1, 0.15) is 5.70 Å². The normalized spacial score (nSPS) is 16.4. The number of sulfonamides is 1. The lowest BCUT2D eigenvalue weighted by Crippen LogP contribution is -2.39. The fourth-order valence-electron chi connectivity index (χ4n) is 2.48. The predicted octanol–water partition coefficient (Wildman–Crippen LogP) is 2.95. The molecule has 136 valence electrons. The predicted molar refractivity (Wildman–Crippen MR) is 93.8 cm³/mol. The van der Waals surface area contributed by atoms with Crippen molar-refractivity contribution in [3.05, 3.63) is 35.5 Å². The Bertz CT molecular complexity index is 846. The van der Waals surface area contributed by atoms with Crippen LogP contribution in [0.25, 0.3) is 5.76 Å². The molecule has 0 fully saturated rings. The van der Waals surface area contributed by atoms with Crippen LogP contribution in [-0.2, 0) is 24.3 Å². The summed E-state index contributed by atoms with van der Waals surface area (Å²) in [6, 6.07) is 6.24. The molecule has 1 aromatic carbocycles. The molecule has 1 aliphatic rings. The van der Waals surface area contributed by atoms with E-state index in [4.69, 9.17) is 4.74 Å². The molecule has 0 N–H and O–H groups in total. The molecule has 7 heteroatoms. The number of benzene rings is 1. The van der Waals surface area contributed by atoms with Crippen LogP contribution in [0.2, 0.25) is 0 Å². The van der Waals surface area contributed by atoms with Crippen molar-refractivity contribution in [2.75, 3.05) is 6.54 Å². The maximum atomic E-state index is 12.9. The first kappa shape index (κ1) is 19.2.